The van der Waals surface area contributed by atoms with Gasteiger partial charge in [-0.1, -0.05) is 50.6 Å². The summed E-state index contributed by atoms with van der Waals surface area (Å²) < 4.78 is 41.7. The van der Waals surface area contributed by atoms with Crippen LogP contribution in [-0.4, -0.2) is 62.7 Å². The Labute approximate surface area is 214 Å². The molecule has 0 bridgehead atoms. The number of carbonyl (C=O) groups excluding carboxylic acids is 2. The first kappa shape index (κ1) is 29.3. The van der Waals surface area contributed by atoms with Gasteiger partial charge in [0.1, 0.15) is 18.4 Å². The Hall–Kier alpha value is -2.98. The Morgan fingerprint density at radius 3 is 2.08 bits per heavy atom. The van der Waals surface area contributed by atoms with Crippen molar-refractivity contribution in [3.63, 3.8) is 0 Å². The number of hydrogen-bond donors (Lipinski definition) is 1. The number of halogens is 1. The Morgan fingerprint density at radius 1 is 1.00 bits per heavy atom. The van der Waals surface area contributed by atoms with Gasteiger partial charge in [-0.3, -0.25) is 9.59 Å². The molecule has 2 aromatic rings. The minimum absolute atomic E-state index is 0.131. The first-order chi connectivity index (χ1) is 16.9. The van der Waals surface area contributed by atoms with Crippen LogP contribution in [0.2, 0.25) is 0 Å². The van der Waals surface area contributed by atoms with Crippen molar-refractivity contribution in [1.82, 2.24) is 14.5 Å². The van der Waals surface area contributed by atoms with E-state index in [0.29, 0.717) is 13.0 Å². The Morgan fingerprint density at radius 2 is 1.58 bits per heavy atom. The molecule has 198 valence electrons. The number of nitrogens with zero attached hydrogens (tertiary/aromatic N) is 3. The summed E-state index contributed by atoms with van der Waals surface area (Å²) in [4.78, 5) is 28.2. The van der Waals surface area contributed by atoms with Crippen molar-refractivity contribution >= 4 is 27.7 Å². The molecule has 2 aromatic carbocycles. The second kappa shape index (κ2) is 12.8. The van der Waals surface area contributed by atoms with Crippen molar-refractivity contribution in [2.75, 3.05) is 31.5 Å². The van der Waals surface area contributed by atoms with Crippen LogP contribution in [0, 0.1) is 18.7 Å². The van der Waals surface area contributed by atoms with Crippen LogP contribution in [0.4, 0.5) is 10.1 Å². The summed E-state index contributed by atoms with van der Waals surface area (Å²) in [6.45, 7) is 7.75. The first-order valence-electron chi connectivity index (χ1n) is 11.9. The lowest BCUT2D eigenvalue weighted by Crippen LogP contribution is -2.53. The van der Waals surface area contributed by atoms with Gasteiger partial charge < -0.3 is 10.2 Å². The third kappa shape index (κ3) is 7.76. The van der Waals surface area contributed by atoms with Crippen LogP contribution >= 0.6 is 0 Å². The zero-order valence-corrected chi connectivity index (χ0v) is 22.7. The summed E-state index contributed by atoms with van der Waals surface area (Å²) in [5.74, 6) is -1.14. The van der Waals surface area contributed by atoms with E-state index in [9.17, 15) is 22.4 Å². The van der Waals surface area contributed by atoms with Gasteiger partial charge in [0.05, 0.1) is 5.69 Å². The summed E-state index contributed by atoms with van der Waals surface area (Å²) in [6.07, 6.45) is 0.346. The van der Waals surface area contributed by atoms with Gasteiger partial charge in [-0.15, -0.1) is 0 Å². The summed E-state index contributed by atoms with van der Waals surface area (Å²) >= 11 is 0. The molecule has 8 nitrogen and oxygen atoms in total. The minimum Gasteiger partial charge on any atom is -0.354 e. The van der Waals surface area contributed by atoms with Crippen LogP contribution in [0.1, 0.15) is 38.3 Å². The molecule has 0 saturated heterocycles. The molecular weight excluding hydrogens is 483 g/mol. The first-order valence-corrected chi connectivity index (χ1v) is 13.3. The number of aryl methyl sites for hydroxylation is 1. The molecule has 0 fully saturated rings. The van der Waals surface area contributed by atoms with E-state index in [0.717, 1.165) is 31.9 Å². The number of nitrogens with one attached hydrogen (secondary N) is 1. The Balaban J connectivity index is 2.46. The van der Waals surface area contributed by atoms with Crippen LogP contribution < -0.4 is 9.62 Å². The van der Waals surface area contributed by atoms with Crippen molar-refractivity contribution in [1.29, 1.82) is 0 Å². The van der Waals surface area contributed by atoms with E-state index in [1.165, 1.54) is 31.1 Å². The highest BCUT2D eigenvalue weighted by atomic mass is 32.2. The van der Waals surface area contributed by atoms with Crippen molar-refractivity contribution in [3.8, 4) is 0 Å². The molecular formula is C26H37FN4O4S. The predicted octanol–water partition coefficient (Wildman–Crippen LogP) is 3.33. The molecule has 10 heteroatoms. The maximum absolute atomic E-state index is 13.7. The molecule has 0 aromatic heterocycles. The van der Waals surface area contributed by atoms with Crippen LogP contribution in [0.25, 0.3) is 0 Å². The second-order valence-corrected chi connectivity index (χ2v) is 11.4. The van der Waals surface area contributed by atoms with E-state index in [-0.39, 0.29) is 24.1 Å². The van der Waals surface area contributed by atoms with Crippen molar-refractivity contribution in [2.45, 2.75) is 46.7 Å². The Kier molecular flexibility index (Phi) is 10.4. The quantitative estimate of drug-likeness (QED) is 0.465. The summed E-state index contributed by atoms with van der Waals surface area (Å²) in [5.41, 5.74) is 2.01. The van der Waals surface area contributed by atoms with Gasteiger partial charge in [-0.2, -0.15) is 12.7 Å². The molecule has 0 spiro atoms. The SMILES string of the molecule is CCC(C(=O)NCC(C)C)N(Cc1ccc(C)cc1)C(=O)CN(c1ccc(F)cc1)S(=O)(=O)N(C)C. The fourth-order valence-electron chi connectivity index (χ4n) is 3.56. The molecule has 36 heavy (non-hydrogen) atoms. The number of rotatable bonds is 12. The molecule has 2 rings (SSSR count). The highest BCUT2D eigenvalue weighted by molar-refractivity contribution is 7.90. The van der Waals surface area contributed by atoms with Crippen LogP contribution in [0.15, 0.2) is 48.5 Å². The van der Waals surface area contributed by atoms with Gasteiger partial charge in [-0.25, -0.2) is 8.70 Å². The van der Waals surface area contributed by atoms with E-state index in [1.54, 1.807) is 0 Å². The van der Waals surface area contributed by atoms with Crippen LogP contribution in [-0.2, 0) is 26.3 Å². The van der Waals surface area contributed by atoms with E-state index < -0.39 is 34.5 Å². The standard InChI is InChI=1S/C26H37FN4O4S/c1-7-24(26(33)28-16-19(2)3)30(17-21-10-8-20(4)9-11-21)25(32)18-31(36(34,35)29(5)6)23-14-12-22(27)13-15-23/h8-15,19,24H,7,16-18H2,1-6H3,(H,28,33). The van der Waals surface area contributed by atoms with Crippen molar-refractivity contribution in [3.05, 3.63) is 65.5 Å². The molecule has 0 radical (unpaired) electrons. The Bertz CT molecular complexity index is 1120. The van der Waals surface area contributed by atoms with Crippen LogP contribution in [0.3, 0.4) is 0 Å². The molecule has 0 aliphatic heterocycles. The summed E-state index contributed by atoms with van der Waals surface area (Å²) in [7, 11) is -1.38. The van der Waals surface area contributed by atoms with Crippen molar-refractivity contribution in [2.24, 2.45) is 5.92 Å². The average Bonchev–Trinajstić information content (AvgIpc) is 2.82. The zero-order chi connectivity index (χ0) is 27.0. The second-order valence-electron chi connectivity index (χ2n) is 9.34. The third-order valence-corrected chi connectivity index (χ3v) is 7.50. The van der Waals surface area contributed by atoms with Gasteiger partial charge in [0.15, 0.2) is 0 Å². The van der Waals surface area contributed by atoms with Gasteiger partial charge in [-0.05, 0) is 49.1 Å². The number of amides is 2. The minimum atomic E-state index is -4.09. The molecule has 1 unspecified atom stereocenters. The van der Waals surface area contributed by atoms with Gasteiger partial charge >= 0.3 is 10.2 Å². The smallest absolute Gasteiger partial charge is 0.304 e. The highest BCUT2D eigenvalue weighted by Gasteiger charge is 2.33. The molecule has 2 amide bonds. The van der Waals surface area contributed by atoms with E-state index in [1.807, 2.05) is 52.0 Å². The normalized spacial score (nSPS) is 12.5. The molecule has 1 atom stereocenters. The van der Waals surface area contributed by atoms with E-state index >= 15 is 0 Å². The highest BCUT2D eigenvalue weighted by Crippen LogP contribution is 2.22. The molecule has 0 aliphatic carbocycles. The lowest BCUT2D eigenvalue weighted by Gasteiger charge is -2.34. The average molecular weight is 521 g/mol. The summed E-state index contributed by atoms with van der Waals surface area (Å²) in [5, 5.41) is 2.89. The van der Waals surface area contributed by atoms with Gasteiger partial charge in [0.25, 0.3) is 0 Å². The third-order valence-electron chi connectivity index (χ3n) is 5.68. The van der Waals surface area contributed by atoms with E-state index in [4.69, 9.17) is 0 Å². The number of anilines is 1. The van der Waals surface area contributed by atoms with Crippen LogP contribution in [0.5, 0.6) is 0 Å². The van der Waals surface area contributed by atoms with Gasteiger partial charge in [0, 0.05) is 27.2 Å². The fourth-order valence-corrected chi connectivity index (χ4v) is 4.61. The number of benzene rings is 2. The topological polar surface area (TPSA) is 90.0 Å². The molecule has 0 aliphatic rings. The number of carbonyl (C=O) groups is 2. The fraction of sp³-hybridized carbons (Fsp3) is 0.462. The maximum Gasteiger partial charge on any atom is 0.304 e. The monoisotopic (exact) mass is 520 g/mol. The lowest BCUT2D eigenvalue weighted by molar-refractivity contribution is -0.140. The van der Waals surface area contributed by atoms with Gasteiger partial charge in [0.2, 0.25) is 11.8 Å². The number of hydrogen-bond acceptors (Lipinski definition) is 4. The zero-order valence-electron chi connectivity index (χ0n) is 21.9. The molecule has 0 heterocycles. The summed E-state index contributed by atoms with van der Waals surface area (Å²) in [6, 6.07) is 11.7. The lowest BCUT2D eigenvalue weighted by atomic mass is 10.1. The maximum atomic E-state index is 13.7. The largest absolute Gasteiger partial charge is 0.354 e. The molecule has 1 N–H and O–H groups in total. The van der Waals surface area contributed by atoms with E-state index in [2.05, 4.69) is 5.32 Å². The predicted molar refractivity (Wildman–Crippen MR) is 140 cm³/mol. The van der Waals surface area contributed by atoms with Crippen molar-refractivity contribution < 1.29 is 22.4 Å². The molecule has 0 saturated carbocycles.